The number of nitrogens with one attached hydrogen (secondary N) is 1. The number of ether oxygens (including phenoxy) is 1. The first-order valence-corrected chi connectivity index (χ1v) is 7.37. The Hall–Kier alpha value is -1.78. The lowest BCUT2D eigenvalue weighted by molar-refractivity contribution is 0.415. The number of aromatic nitrogens is 1. The van der Waals surface area contributed by atoms with E-state index in [4.69, 9.17) is 16.3 Å². The molecule has 3 rings (SSSR count). The number of benzene rings is 2. The third-order valence-corrected chi connectivity index (χ3v) is 4.33. The SMILES string of the molecule is COc1ccc2nc(NCc3ccccc3Cl)sc2c1. The Bertz CT molecular complexity index is 742. The van der Waals surface area contributed by atoms with Gasteiger partial charge in [0.2, 0.25) is 0 Å². The molecule has 0 saturated carbocycles. The van der Waals surface area contributed by atoms with Gasteiger partial charge in [-0.3, -0.25) is 0 Å². The summed E-state index contributed by atoms with van der Waals surface area (Å²) in [6, 6.07) is 13.7. The highest BCUT2D eigenvalue weighted by Gasteiger charge is 2.05. The van der Waals surface area contributed by atoms with Gasteiger partial charge in [-0.2, -0.15) is 0 Å². The van der Waals surface area contributed by atoms with E-state index in [1.165, 1.54) is 0 Å². The highest BCUT2D eigenvalue weighted by molar-refractivity contribution is 7.22. The molecule has 0 aliphatic carbocycles. The molecular formula is C15H13ClN2OS. The molecule has 0 spiro atoms. The predicted molar refractivity (Wildman–Crippen MR) is 85.0 cm³/mol. The molecule has 0 fully saturated rings. The maximum Gasteiger partial charge on any atom is 0.184 e. The summed E-state index contributed by atoms with van der Waals surface area (Å²) < 4.78 is 6.32. The second-order valence-corrected chi connectivity index (χ2v) is 5.74. The smallest absolute Gasteiger partial charge is 0.184 e. The average Bonchev–Trinajstić information content (AvgIpc) is 2.88. The van der Waals surface area contributed by atoms with Crippen LogP contribution in [0, 0.1) is 0 Å². The van der Waals surface area contributed by atoms with Crippen LogP contribution < -0.4 is 10.1 Å². The van der Waals surface area contributed by atoms with Crippen molar-refractivity contribution in [3.05, 3.63) is 53.1 Å². The van der Waals surface area contributed by atoms with Gasteiger partial charge in [-0.25, -0.2) is 4.98 Å². The molecular weight excluding hydrogens is 292 g/mol. The van der Waals surface area contributed by atoms with E-state index in [0.29, 0.717) is 6.54 Å². The third-order valence-electron chi connectivity index (χ3n) is 2.98. The Morgan fingerprint density at radius 3 is 2.90 bits per heavy atom. The minimum Gasteiger partial charge on any atom is -0.497 e. The van der Waals surface area contributed by atoms with Crippen LogP contribution in [0.15, 0.2) is 42.5 Å². The maximum absolute atomic E-state index is 6.14. The van der Waals surface area contributed by atoms with Crippen LogP contribution in [0.3, 0.4) is 0 Å². The van der Waals surface area contributed by atoms with Crippen LogP contribution in [0.2, 0.25) is 5.02 Å². The van der Waals surface area contributed by atoms with Crippen LogP contribution in [-0.4, -0.2) is 12.1 Å². The monoisotopic (exact) mass is 304 g/mol. The summed E-state index contributed by atoms with van der Waals surface area (Å²) in [6.07, 6.45) is 0. The highest BCUT2D eigenvalue weighted by Crippen LogP contribution is 2.29. The normalized spacial score (nSPS) is 10.7. The van der Waals surface area contributed by atoms with Gasteiger partial charge >= 0.3 is 0 Å². The average molecular weight is 305 g/mol. The van der Waals surface area contributed by atoms with Crippen molar-refractivity contribution < 1.29 is 4.74 Å². The lowest BCUT2D eigenvalue weighted by atomic mass is 10.2. The molecule has 0 radical (unpaired) electrons. The van der Waals surface area contributed by atoms with Gasteiger partial charge in [0, 0.05) is 11.6 Å². The van der Waals surface area contributed by atoms with E-state index in [1.807, 2.05) is 42.5 Å². The van der Waals surface area contributed by atoms with Gasteiger partial charge in [-0.1, -0.05) is 41.1 Å². The van der Waals surface area contributed by atoms with Gasteiger partial charge in [-0.05, 0) is 29.8 Å². The second-order valence-electron chi connectivity index (χ2n) is 4.30. The van der Waals surface area contributed by atoms with Gasteiger partial charge in [0.1, 0.15) is 5.75 Å². The van der Waals surface area contributed by atoms with Gasteiger partial charge in [0.05, 0.1) is 17.3 Å². The number of fused-ring (bicyclic) bond motifs is 1. The Kier molecular flexibility index (Phi) is 3.76. The lowest BCUT2D eigenvalue weighted by Crippen LogP contribution is -1.99. The fourth-order valence-electron chi connectivity index (χ4n) is 1.92. The van der Waals surface area contributed by atoms with E-state index in [1.54, 1.807) is 18.4 Å². The fraction of sp³-hybridized carbons (Fsp3) is 0.133. The largest absolute Gasteiger partial charge is 0.497 e. The number of hydrogen-bond donors (Lipinski definition) is 1. The summed E-state index contributed by atoms with van der Waals surface area (Å²) in [7, 11) is 1.67. The summed E-state index contributed by atoms with van der Waals surface area (Å²) in [5, 5.41) is 4.96. The number of methoxy groups -OCH3 is 1. The molecule has 1 N–H and O–H groups in total. The summed E-state index contributed by atoms with van der Waals surface area (Å²) in [5.74, 6) is 0.846. The minimum atomic E-state index is 0.663. The molecule has 0 aliphatic heterocycles. The topological polar surface area (TPSA) is 34.1 Å². The van der Waals surface area contributed by atoms with Gasteiger partial charge < -0.3 is 10.1 Å². The zero-order chi connectivity index (χ0) is 13.9. The van der Waals surface area contributed by atoms with Crippen molar-refractivity contribution in [1.29, 1.82) is 0 Å². The first kappa shape index (κ1) is 13.2. The number of nitrogens with zero attached hydrogens (tertiary/aromatic N) is 1. The number of rotatable bonds is 4. The lowest BCUT2D eigenvalue weighted by Gasteiger charge is -2.04. The highest BCUT2D eigenvalue weighted by atomic mass is 35.5. The first-order valence-electron chi connectivity index (χ1n) is 6.18. The van der Waals surface area contributed by atoms with Crippen LogP contribution >= 0.6 is 22.9 Å². The Labute approximate surface area is 126 Å². The molecule has 5 heteroatoms. The zero-order valence-electron chi connectivity index (χ0n) is 10.9. The number of anilines is 1. The summed E-state index contributed by atoms with van der Waals surface area (Å²) in [4.78, 5) is 4.54. The van der Waals surface area contributed by atoms with E-state index in [9.17, 15) is 0 Å². The van der Waals surface area contributed by atoms with Crippen LogP contribution in [0.1, 0.15) is 5.56 Å². The first-order chi connectivity index (χ1) is 9.76. The molecule has 3 nitrogen and oxygen atoms in total. The van der Waals surface area contributed by atoms with Gasteiger partial charge in [0.15, 0.2) is 5.13 Å². The molecule has 20 heavy (non-hydrogen) atoms. The van der Waals surface area contributed by atoms with Crippen molar-refractivity contribution in [3.63, 3.8) is 0 Å². The molecule has 0 unspecified atom stereocenters. The van der Waals surface area contributed by atoms with Crippen molar-refractivity contribution >= 4 is 38.3 Å². The van der Waals surface area contributed by atoms with Gasteiger partial charge in [-0.15, -0.1) is 0 Å². The van der Waals surface area contributed by atoms with Crippen molar-refractivity contribution in [1.82, 2.24) is 4.98 Å². The Morgan fingerprint density at radius 2 is 2.10 bits per heavy atom. The third kappa shape index (κ3) is 2.71. The molecule has 0 atom stereocenters. The Morgan fingerprint density at radius 1 is 1.25 bits per heavy atom. The number of thiazole rings is 1. The van der Waals surface area contributed by atoms with Crippen LogP contribution in [0.5, 0.6) is 5.75 Å². The molecule has 2 aromatic carbocycles. The molecule has 102 valence electrons. The maximum atomic E-state index is 6.14. The minimum absolute atomic E-state index is 0.663. The standard InChI is InChI=1S/C15H13ClN2OS/c1-19-11-6-7-13-14(8-11)20-15(18-13)17-9-10-4-2-3-5-12(10)16/h2-8H,9H2,1H3,(H,17,18). The number of halogens is 1. The molecule has 0 saturated heterocycles. The number of hydrogen-bond acceptors (Lipinski definition) is 4. The van der Waals surface area contributed by atoms with Crippen LogP contribution in [0.4, 0.5) is 5.13 Å². The zero-order valence-corrected chi connectivity index (χ0v) is 12.5. The van der Waals surface area contributed by atoms with E-state index in [-0.39, 0.29) is 0 Å². The quantitative estimate of drug-likeness (QED) is 0.766. The predicted octanol–water partition coefficient (Wildman–Crippen LogP) is 4.57. The summed E-state index contributed by atoms with van der Waals surface area (Å²) >= 11 is 7.74. The van der Waals surface area contributed by atoms with Crippen molar-refractivity contribution in [2.45, 2.75) is 6.54 Å². The van der Waals surface area contributed by atoms with E-state index >= 15 is 0 Å². The molecule has 0 aliphatic rings. The van der Waals surface area contributed by atoms with Crippen LogP contribution in [-0.2, 0) is 6.54 Å². The summed E-state index contributed by atoms with van der Waals surface area (Å²) in [6.45, 7) is 0.663. The molecule has 1 aromatic heterocycles. The molecule has 0 bridgehead atoms. The van der Waals surface area contributed by atoms with Crippen molar-refractivity contribution in [3.8, 4) is 5.75 Å². The van der Waals surface area contributed by atoms with Crippen molar-refractivity contribution in [2.24, 2.45) is 0 Å². The van der Waals surface area contributed by atoms with Gasteiger partial charge in [0.25, 0.3) is 0 Å². The van der Waals surface area contributed by atoms with E-state index in [2.05, 4.69) is 10.3 Å². The summed E-state index contributed by atoms with van der Waals surface area (Å²) in [5.41, 5.74) is 2.03. The Balaban J connectivity index is 1.79. The molecule has 1 heterocycles. The van der Waals surface area contributed by atoms with E-state index in [0.717, 1.165) is 31.7 Å². The fourth-order valence-corrected chi connectivity index (χ4v) is 3.01. The van der Waals surface area contributed by atoms with Crippen molar-refractivity contribution in [2.75, 3.05) is 12.4 Å². The molecule has 0 amide bonds. The second kappa shape index (κ2) is 5.69. The molecule has 3 aromatic rings. The van der Waals surface area contributed by atoms with E-state index < -0.39 is 0 Å². The van der Waals surface area contributed by atoms with Crippen LogP contribution in [0.25, 0.3) is 10.2 Å².